The smallest absolute Gasteiger partial charge is 0.272 e. The summed E-state index contributed by atoms with van der Waals surface area (Å²) in [6.07, 6.45) is 2.10. The predicted molar refractivity (Wildman–Crippen MR) is 82.9 cm³/mol. The van der Waals surface area contributed by atoms with Crippen LogP contribution in [0.25, 0.3) is 11.3 Å². The van der Waals surface area contributed by atoms with Crippen LogP contribution < -0.4 is 0 Å². The Balaban J connectivity index is 1.83. The maximum atomic E-state index is 13.0. The average Bonchev–Trinajstić information content (AvgIpc) is 2.90. The number of amides is 1. The fourth-order valence-corrected chi connectivity index (χ4v) is 2.80. The number of piperidine rings is 1. The van der Waals surface area contributed by atoms with Crippen molar-refractivity contribution in [1.29, 1.82) is 0 Å². The molecule has 0 spiro atoms. The number of nitrogens with zero attached hydrogens (tertiary/aromatic N) is 3. The summed E-state index contributed by atoms with van der Waals surface area (Å²) in [5.74, 6) is 0.430. The van der Waals surface area contributed by atoms with E-state index in [1.54, 1.807) is 29.9 Å². The predicted octanol–water partition coefficient (Wildman–Crippen LogP) is 3.10. The van der Waals surface area contributed by atoms with Crippen LogP contribution in [0.15, 0.2) is 30.3 Å². The van der Waals surface area contributed by atoms with E-state index in [4.69, 9.17) is 0 Å². The number of rotatable bonds is 2. The van der Waals surface area contributed by atoms with E-state index in [-0.39, 0.29) is 11.7 Å². The molecule has 0 atom stereocenters. The molecule has 116 valence electrons. The molecular weight excluding hydrogens is 281 g/mol. The van der Waals surface area contributed by atoms with Crippen LogP contribution >= 0.6 is 0 Å². The average molecular weight is 301 g/mol. The van der Waals surface area contributed by atoms with Gasteiger partial charge in [-0.2, -0.15) is 5.10 Å². The summed E-state index contributed by atoms with van der Waals surface area (Å²) in [4.78, 5) is 14.5. The Morgan fingerprint density at radius 2 is 1.86 bits per heavy atom. The summed E-state index contributed by atoms with van der Waals surface area (Å²) in [7, 11) is 1.77. The van der Waals surface area contributed by atoms with E-state index in [1.807, 2.05) is 4.90 Å². The van der Waals surface area contributed by atoms with Gasteiger partial charge < -0.3 is 4.90 Å². The highest BCUT2D eigenvalue weighted by Gasteiger charge is 2.24. The van der Waals surface area contributed by atoms with Gasteiger partial charge in [-0.05, 0) is 49.1 Å². The molecule has 1 amide bonds. The van der Waals surface area contributed by atoms with Crippen LogP contribution in [0.4, 0.5) is 4.39 Å². The molecule has 0 aliphatic carbocycles. The van der Waals surface area contributed by atoms with Crippen molar-refractivity contribution in [2.75, 3.05) is 13.1 Å². The molecule has 0 saturated carbocycles. The molecule has 1 aliphatic heterocycles. The first-order valence-corrected chi connectivity index (χ1v) is 7.64. The van der Waals surface area contributed by atoms with Crippen LogP contribution in [0.2, 0.25) is 0 Å². The van der Waals surface area contributed by atoms with Gasteiger partial charge in [-0.15, -0.1) is 0 Å². The molecule has 3 rings (SSSR count). The van der Waals surface area contributed by atoms with Crippen LogP contribution in [0.5, 0.6) is 0 Å². The van der Waals surface area contributed by atoms with E-state index >= 15 is 0 Å². The summed E-state index contributed by atoms with van der Waals surface area (Å²) in [6.45, 7) is 3.83. The fourth-order valence-electron chi connectivity index (χ4n) is 2.80. The summed E-state index contributed by atoms with van der Waals surface area (Å²) in [5, 5.41) is 4.39. The zero-order valence-electron chi connectivity index (χ0n) is 12.9. The molecule has 2 aromatic rings. The molecule has 4 nitrogen and oxygen atoms in total. The number of benzene rings is 1. The minimum Gasteiger partial charge on any atom is -0.337 e. The number of aromatic nitrogens is 2. The SMILES string of the molecule is CC1CCN(C(=O)c2cc(-c3ccc(F)cc3)nn2C)CC1. The zero-order chi connectivity index (χ0) is 15.7. The van der Waals surface area contributed by atoms with Crippen LogP contribution in [-0.4, -0.2) is 33.7 Å². The van der Waals surface area contributed by atoms with Gasteiger partial charge in [0.15, 0.2) is 0 Å². The molecule has 5 heteroatoms. The number of aryl methyl sites for hydroxylation is 1. The second kappa shape index (κ2) is 5.91. The van der Waals surface area contributed by atoms with Crippen LogP contribution in [-0.2, 0) is 7.05 Å². The zero-order valence-corrected chi connectivity index (χ0v) is 12.9. The molecule has 22 heavy (non-hydrogen) atoms. The molecule has 1 aromatic carbocycles. The van der Waals surface area contributed by atoms with Gasteiger partial charge in [0.1, 0.15) is 11.5 Å². The molecule has 1 aliphatic rings. The topological polar surface area (TPSA) is 38.1 Å². The van der Waals surface area contributed by atoms with Crippen molar-refractivity contribution < 1.29 is 9.18 Å². The number of carbonyl (C=O) groups excluding carboxylic acids is 1. The quantitative estimate of drug-likeness (QED) is 0.855. The van der Waals surface area contributed by atoms with Crippen molar-refractivity contribution in [3.05, 3.63) is 41.8 Å². The van der Waals surface area contributed by atoms with Gasteiger partial charge >= 0.3 is 0 Å². The van der Waals surface area contributed by atoms with Gasteiger partial charge in [0.2, 0.25) is 0 Å². The lowest BCUT2D eigenvalue weighted by Crippen LogP contribution is -2.38. The molecule has 1 saturated heterocycles. The molecule has 1 aromatic heterocycles. The second-order valence-electron chi connectivity index (χ2n) is 6.02. The van der Waals surface area contributed by atoms with Crippen molar-refractivity contribution in [3.63, 3.8) is 0 Å². The molecule has 0 unspecified atom stereocenters. The molecular formula is C17H20FN3O. The third-order valence-electron chi connectivity index (χ3n) is 4.31. The van der Waals surface area contributed by atoms with E-state index in [0.717, 1.165) is 31.5 Å². The Morgan fingerprint density at radius 1 is 1.23 bits per heavy atom. The Hall–Kier alpha value is -2.17. The van der Waals surface area contributed by atoms with Gasteiger partial charge in [0, 0.05) is 25.7 Å². The lowest BCUT2D eigenvalue weighted by Gasteiger charge is -2.30. The Bertz CT molecular complexity index is 670. The maximum Gasteiger partial charge on any atom is 0.272 e. The highest BCUT2D eigenvalue weighted by atomic mass is 19.1. The minimum absolute atomic E-state index is 0.0234. The van der Waals surface area contributed by atoms with Gasteiger partial charge in [-0.3, -0.25) is 9.48 Å². The first-order chi connectivity index (χ1) is 10.5. The van der Waals surface area contributed by atoms with Crippen molar-refractivity contribution in [3.8, 4) is 11.3 Å². The van der Waals surface area contributed by atoms with Crippen molar-refractivity contribution >= 4 is 5.91 Å². The summed E-state index contributed by atoms with van der Waals surface area (Å²) >= 11 is 0. The lowest BCUT2D eigenvalue weighted by atomic mass is 9.99. The number of carbonyl (C=O) groups is 1. The van der Waals surface area contributed by atoms with Gasteiger partial charge in [-0.25, -0.2) is 4.39 Å². The highest BCUT2D eigenvalue weighted by molar-refractivity contribution is 5.93. The van der Waals surface area contributed by atoms with Crippen LogP contribution in [0.3, 0.4) is 0 Å². The van der Waals surface area contributed by atoms with Crippen LogP contribution in [0.1, 0.15) is 30.3 Å². The van der Waals surface area contributed by atoms with E-state index < -0.39 is 0 Å². The summed E-state index contributed by atoms with van der Waals surface area (Å²) < 4.78 is 14.6. The number of hydrogen-bond donors (Lipinski definition) is 0. The maximum absolute atomic E-state index is 13.0. The fraction of sp³-hybridized carbons (Fsp3) is 0.412. The monoisotopic (exact) mass is 301 g/mol. The molecule has 1 fully saturated rings. The minimum atomic E-state index is -0.279. The van der Waals surface area contributed by atoms with Gasteiger partial charge in [-0.1, -0.05) is 6.92 Å². The number of halogens is 1. The van der Waals surface area contributed by atoms with Crippen molar-refractivity contribution in [2.24, 2.45) is 13.0 Å². The third-order valence-corrected chi connectivity index (χ3v) is 4.31. The normalized spacial score (nSPS) is 16.0. The van der Waals surface area contributed by atoms with E-state index in [2.05, 4.69) is 12.0 Å². The summed E-state index contributed by atoms with van der Waals surface area (Å²) in [5.41, 5.74) is 2.08. The number of likely N-dealkylation sites (tertiary alicyclic amines) is 1. The molecule has 0 N–H and O–H groups in total. The Morgan fingerprint density at radius 3 is 2.50 bits per heavy atom. The van der Waals surface area contributed by atoms with Crippen molar-refractivity contribution in [1.82, 2.24) is 14.7 Å². The largest absolute Gasteiger partial charge is 0.337 e. The second-order valence-corrected chi connectivity index (χ2v) is 6.02. The first-order valence-electron chi connectivity index (χ1n) is 7.64. The highest BCUT2D eigenvalue weighted by Crippen LogP contribution is 2.22. The number of hydrogen-bond acceptors (Lipinski definition) is 2. The molecule has 0 radical (unpaired) electrons. The van der Waals surface area contributed by atoms with E-state index in [1.165, 1.54) is 12.1 Å². The first kappa shape index (κ1) is 14.8. The van der Waals surface area contributed by atoms with Crippen LogP contribution in [0, 0.1) is 11.7 Å². The Kier molecular flexibility index (Phi) is 3.96. The Labute approximate surface area is 129 Å². The lowest BCUT2D eigenvalue weighted by molar-refractivity contribution is 0.0686. The molecule has 2 heterocycles. The van der Waals surface area contributed by atoms with E-state index in [0.29, 0.717) is 17.3 Å². The van der Waals surface area contributed by atoms with Gasteiger partial charge in [0.05, 0.1) is 5.69 Å². The van der Waals surface area contributed by atoms with E-state index in [9.17, 15) is 9.18 Å². The molecule has 0 bridgehead atoms. The standard InChI is InChI=1S/C17H20FN3O/c1-12-7-9-21(10-8-12)17(22)16-11-15(19-20(16)2)13-3-5-14(18)6-4-13/h3-6,11-12H,7-10H2,1-2H3. The summed E-state index contributed by atoms with van der Waals surface area (Å²) in [6, 6.07) is 7.94. The van der Waals surface area contributed by atoms with Gasteiger partial charge in [0.25, 0.3) is 5.91 Å². The third kappa shape index (κ3) is 2.89. The van der Waals surface area contributed by atoms with Crippen molar-refractivity contribution in [2.45, 2.75) is 19.8 Å².